The zero-order valence-corrected chi connectivity index (χ0v) is 17.2. The van der Waals surface area contributed by atoms with Crippen LogP contribution in [0.1, 0.15) is 73.2 Å². The standard InChI is InChI=1S/C27H28N2O/c30-27(26-24(20-8-9-20)13-14-29-17-28-16-25(26)29)21-10-5-19(6-11-21)23-12-7-18-3-1-2-4-22(18)15-23/h1-4,7,12-17,19-21,27,30H,5-6,8-11H2. The highest BCUT2D eigenvalue weighted by molar-refractivity contribution is 5.83. The van der Waals surface area contributed by atoms with Gasteiger partial charge in [0.05, 0.1) is 24.1 Å². The average Bonchev–Trinajstić information content (AvgIpc) is 3.54. The van der Waals surface area contributed by atoms with E-state index in [0.29, 0.717) is 17.8 Å². The van der Waals surface area contributed by atoms with Crippen LogP contribution < -0.4 is 0 Å². The van der Waals surface area contributed by atoms with Crippen LogP contribution in [0, 0.1) is 5.92 Å². The predicted octanol–water partition coefficient (Wildman–Crippen LogP) is 6.37. The predicted molar refractivity (Wildman–Crippen MR) is 121 cm³/mol. The first-order valence-electron chi connectivity index (χ1n) is 11.4. The Morgan fingerprint density at radius 1 is 0.867 bits per heavy atom. The second-order valence-electron chi connectivity index (χ2n) is 9.31. The minimum absolute atomic E-state index is 0.334. The molecule has 2 aromatic heterocycles. The Labute approximate surface area is 177 Å². The normalized spacial score (nSPS) is 23.1. The number of aliphatic hydroxyl groups excluding tert-OH is 1. The van der Waals surface area contributed by atoms with E-state index in [1.807, 2.05) is 12.5 Å². The minimum Gasteiger partial charge on any atom is -0.388 e. The molecule has 2 aliphatic carbocycles. The van der Waals surface area contributed by atoms with E-state index in [1.54, 1.807) is 0 Å². The third kappa shape index (κ3) is 3.13. The molecule has 1 atom stereocenters. The number of imidazole rings is 1. The van der Waals surface area contributed by atoms with Crippen LogP contribution in [0.3, 0.4) is 0 Å². The molecule has 2 fully saturated rings. The molecule has 6 rings (SSSR count). The molecule has 152 valence electrons. The van der Waals surface area contributed by atoms with Crippen molar-refractivity contribution in [2.24, 2.45) is 5.92 Å². The smallest absolute Gasteiger partial charge is 0.0992 e. The van der Waals surface area contributed by atoms with Crippen molar-refractivity contribution in [3.05, 3.63) is 83.9 Å². The van der Waals surface area contributed by atoms with E-state index >= 15 is 0 Å². The molecule has 3 heteroatoms. The van der Waals surface area contributed by atoms with Gasteiger partial charge in [0.25, 0.3) is 0 Å². The van der Waals surface area contributed by atoms with E-state index in [4.69, 9.17) is 0 Å². The van der Waals surface area contributed by atoms with Gasteiger partial charge in [-0.2, -0.15) is 0 Å². The van der Waals surface area contributed by atoms with Crippen LogP contribution >= 0.6 is 0 Å². The fraction of sp³-hybridized carbons (Fsp3) is 0.370. The van der Waals surface area contributed by atoms with Gasteiger partial charge in [-0.1, -0.05) is 42.5 Å². The van der Waals surface area contributed by atoms with Gasteiger partial charge in [0.1, 0.15) is 0 Å². The van der Waals surface area contributed by atoms with Crippen LogP contribution in [0.5, 0.6) is 0 Å². The van der Waals surface area contributed by atoms with Gasteiger partial charge in [0.15, 0.2) is 0 Å². The van der Waals surface area contributed by atoms with E-state index in [2.05, 4.69) is 64.1 Å². The number of rotatable bonds is 4. The van der Waals surface area contributed by atoms with Gasteiger partial charge in [-0.25, -0.2) is 4.98 Å². The largest absolute Gasteiger partial charge is 0.388 e. The van der Waals surface area contributed by atoms with Gasteiger partial charge in [-0.15, -0.1) is 0 Å². The lowest BCUT2D eigenvalue weighted by molar-refractivity contribution is 0.0810. The summed E-state index contributed by atoms with van der Waals surface area (Å²) >= 11 is 0. The third-order valence-corrected chi connectivity index (χ3v) is 7.44. The van der Waals surface area contributed by atoms with Crippen molar-refractivity contribution in [2.75, 3.05) is 0 Å². The van der Waals surface area contributed by atoms with Gasteiger partial charge in [0.2, 0.25) is 0 Å². The summed E-state index contributed by atoms with van der Waals surface area (Å²) in [6.45, 7) is 0. The van der Waals surface area contributed by atoms with Crippen molar-refractivity contribution in [1.82, 2.24) is 9.38 Å². The lowest BCUT2D eigenvalue weighted by atomic mass is 9.74. The number of hydrogen-bond donors (Lipinski definition) is 1. The van der Waals surface area contributed by atoms with Crippen LogP contribution in [0.25, 0.3) is 16.3 Å². The molecule has 3 nitrogen and oxygen atoms in total. The van der Waals surface area contributed by atoms with Crippen molar-refractivity contribution >= 4 is 16.3 Å². The van der Waals surface area contributed by atoms with Crippen molar-refractivity contribution in [1.29, 1.82) is 0 Å². The molecule has 1 N–H and O–H groups in total. The number of aliphatic hydroxyl groups is 1. The second-order valence-corrected chi connectivity index (χ2v) is 9.31. The zero-order valence-electron chi connectivity index (χ0n) is 17.2. The molecule has 30 heavy (non-hydrogen) atoms. The topological polar surface area (TPSA) is 37.5 Å². The van der Waals surface area contributed by atoms with Gasteiger partial charge in [-0.3, -0.25) is 0 Å². The summed E-state index contributed by atoms with van der Waals surface area (Å²) < 4.78 is 2.06. The van der Waals surface area contributed by atoms with Crippen molar-refractivity contribution < 1.29 is 5.11 Å². The Balaban J connectivity index is 1.24. The highest BCUT2D eigenvalue weighted by Gasteiger charge is 2.34. The molecular weight excluding hydrogens is 368 g/mol. The van der Waals surface area contributed by atoms with E-state index in [-0.39, 0.29) is 0 Å². The molecule has 0 radical (unpaired) electrons. The molecule has 1 unspecified atom stereocenters. The Hall–Kier alpha value is -2.65. The van der Waals surface area contributed by atoms with Crippen molar-refractivity contribution in [3.8, 4) is 0 Å². The summed E-state index contributed by atoms with van der Waals surface area (Å²) in [4.78, 5) is 4.34. The maximum absolute atomic E-state index is 11.5. The Kier molecular flexibility index (Phi) is 4.38. The molecule has 0 bridgehead atoms. The first-order valence-corrected chi connectivity index (χ1v) is 11.4. The molecule has 2 heterocycles. The van der Waals surface area contributed by atoms with Gasteiger partial charge >= 0.3 is 0 Å². The fourth-order valence-corrected chi connectivity index (χ4v) is 5.57. The van der Waals surface area contributed by atoms with E-state index in [9.17, 15) is 5.11 Å². The molecule has 2 aliphatic rings. The molecule has 0 saturated heterocycles. The number of fused-ring (bicyclic) bond motifs is 2. The highest BCUT2D eigenvalue weighted by Crippen LogP contribution is 2.48. The summed E-state index contributed by atoms with van der Waals surface area (Å²) in [6, 6.07) is 17.8. The maximum atomic E-state index is 11.5. The zero-order chi connectivity index (χ0) is 20.1. The molecule has 0 amide bonds. The number of aromatic nitrogens is 2. The maximum Gasteiger partial charge on any atom is 0.0992 e. The SMILES string of the molecule is OC(c1c(C2CC2)ccn2cncc12)C1CCC(c2ccc3ccccc3c2)CC1. The Morgan fingerprint density at radius 3 is 2.43 bits per heavy atom. The van der Waals surface area contributed by atoms with Gasteiger partial charge < -0.3 is 9.51 Å². The first kappa shape index (κ1) is 18.1. The third-order valence-electron chi connectivity index (χ3n) is 7.44. The lowest BCUT2D eigenvalue weighted by Gasteiger charge is -2.33. The molecule has 0 aliphatic heterocycles. The van der Waals surface area contributed by atoms with Gasteiger partial charge in [-0.05, 0) is 84.2 Å². The number of nitrogens with zero attached hydrogens (tertiary/aromatic N) is 2. The second kappa shape index (κ2) is 7.24. The number of hydrogen-bond acceptors (Lipinski definition) is 2. The lowest BCUT2D eigenvalue weighted by Crippen LogP contribution is -2.21. The van der Waals surface area contributed by atoms with Crippen LogP contribution in [-0.4, -0.2) is 14.5 Å². The van der Waals surface area contributed by atoms with Crippen LogP contribution in [0.15, 0.2) is 67.3 Å². The first-order chi connectivity index (χ1) is 14.8. The molecule has 2 aromatic carbocycles. The Bertz CT molecular complexity index is 1200. The van der Waals surface area contributed by atoms with Crippen LogP contribution in [-0.2, 0) is 0 Å². The van der Waals surface area contributed by atoms with Crippen LogP contribution in [0.2, 0.25) is 0 Å². The summed E-state index contributed by atoms with van der Waals surface area (Å²) in [7, 11) is 0. The van der Waals surface area contributed by atoms with Crippen LogP contribution in [0.4, 0.5) is 0 Å². The highest BCUT2D eigenvalue weighted by atomic mass is 16.3. The van der Waals surface area contributed by atoms with E-state index in [0.717, 1.165) is 36.8 Å². The molecule has 4 aromatic rings. The monoisotopic (exact) mass is 396 g/mol. The Morgan fingerprint density at radius 2 is 1.63 bits per heavy atom. The summed E-state index contributed by atoms with van der Waals surface area (Å²) in [5.41, 5.74) is 5.04. The summed E-state index contributed by atoms with van der Waals surface area (Å²) in [6.07, 6.45) is 12.4. The molecular formula is C27H28N2O. The van der Waals surface area contributed by atoms with E-state index < -0.39 is 6.10 Å². The number of pyridine rings is 1. The quantitative estimate of drug-likeness (QED) is 0.435. The average molecular weight is 397 g/mol. The van der Waals surface area contributed by atoms with Gasteiger partial charge in [0, 0.05) is 11.8 Å². The van der Waals surface area contributed by atoms with Crippen molar-refractivity contribution in [3.63, 3.8) is 0 Å². The van der Waals surface area contributed by atoms with Crippen molar-refractivity contribution in [2.45, 2.75) is 56.5 Å². The summed E-state index contributed by atoms with van der Waals surface area (Å²) in [5.74, 6) is 1.57. The number of benzene rings is 2. The fourth-order valence-electron chi connectivity index (χ4n) is 5.57. The minimum atomic E-state index is -0.390. The molecule has 2 saturated carbocycles. The summed E-state index contributed by atoms with van der Waals surface area (Å²) in [5, 5.41) is 14.1. The molecule has 0 spiro atoms. The van der Waals surface area contributed by atoms with E-state index in [1.165, 1.54) is 34.7 Å².